The number of benzene rings is 1. The van der Waals surface area contributed by atoms with E-state index in [-0.39, 0.29) is 11.7 Å². The molecule has 8 heteroatoms. The fourth-order valence-corrected chi connectivity index (χ4v) is 4.67. The highest BCUT2D eigenvalue weighted by atomic mass is 32.1. The van der Waals surface area contributed by atoms with Crippen molar-refractivity contribution in [3.8, 4) is 10.4 Å². The number of aromatic nitrogens is 2. The van der Waals surface area contributed by atoms with Crippen LogP contribution >= 0.6 is 11.3 Å². The number of aryl methyl sites for hydroxylation is 2. The number of nitrogens with zero attached hydrogens (tertiary/aromatic N) is 4. The highest BCUT2D eigenvalue weighted by molar-refractivity contribution is 7.15. The number of thiophene rings is 1. The Hall–Kier alpha value is -2.58. The molecule has 0 N–H and O–H groups in total. The summed E-state index contributed by atoms with van der Waals surface area (Å²) in [5.74, 6) is 1.20. The van der Waals surface area contributed by atoms with Gasteiger partial charge in [-0.15, -0.1) is 11.3 Å². The Kier molecular flexibility index (Phi) is 6.54. The van der Waals surface area contributed by atoms with Gasteiger partial charge >= 0.3 is 0 Å². The number of carbonyl (C=O) groups is 1. The number of piperazine rings is 1. The first kappa shape index (κ1) is 20.7. The Morgan fingerprint density at radius 3 is 2.77 bits per heavy atom. The van der Waals surface area contributed by atoms with E-state index in [1.165, 1.54) is 10.9 Å². The van der Waals surface area contributed by atoms with Crippen molar-refractivity contribution in [2.45, 2.75) is 32.7 Å². The lowest BCUT2D eigenvalue weighted by Gasteiger charge is -2.34. The summed E-state index contributed by atoms with van der Waals surface area (Å²) in [5, 5.41) is 3.77. The lowest BCUT2D eigenvalue weighted by molar-refractivity contribution is -0.133. The van der Waals surface area contributed by atoms with Crippen LogP contribution in [0.25, 0.3) is 10.4 Å². The largest absolute Gasteiger partial charge is 0.340 e. The molecule has 0 spiro atoms. The van der Waals surface area contributed by atoms with Crippen molar-refractivity contribution >= 4 is 17.2 Å². The van der Waals surface area contributed by atoms with Crippen LogP contribution in [0.2, 0.25) is 0 Å². The van der Waals surface area contributed by atoms with Gasteiger partial charge in [0.05, 0.1) is 0 Å². The number of rotatable bonds is 7. The Morgan fingerprint density at radius 1 is 1.20 bits per heavy atom. The van der Waals surface area contributed by atoms with Gasteiger partial charge in [0.25, 0.3) is 0 Å². The second-order valence-electron chi connectivity index (χ2n) is 7.52. The van der Waals surface area contributed by atoms with Crippen molar-refractivity contribution in [1.29, 1.82) is 0 Å². The van der Waals surface area contributed by atoms with Crippen LogP contribution < -0.4 is 0 Å². The minimum Gasteiger partial charge on any atom is -0.340 e. The molecule has 158 valence electrons. The maximum atomic E-state index is 13.5. The van der Waals surface area contributed by atoms with E-state index in [9.17, 15) is 9.18 Å². The van der Waals surface area contributed by atoms with Gasteiger partial charge in [-0.05, 0) is 43.2 Å². The maximum Gasteiger partial charge on any atom is 0.226 e. The number of hydrogen-bond donors (Lipinski definition) is 0. The van der Waals surface area contributed by atoms with E-state index >= 15 is 0 Å². The minimum atomic E-state index is -0.213. The zero-order valence-corrected chi connectivity index (χ0v) is 17.8. The molecule has 0 atom stereocenters. The fraction of sp³-hybridized carbons (Fsp3) is 0.409. The Balaban J connectivity index is 1.21. The van der Waals surface area contributed by atoms with Crippen molar-refractivity contribution in [2.75, 3.05) is 26.2 Å². The summed E-state index contributed by atoms with van der Waals surface area (Å²) >= 11 is 1.70. The van der Waals surface area contributed by atoms with Crippen molar-refractivity contribution in [3.05, 3.63) is 58.8 Å². The van der Waals surface area contributed by atoms with Gasteiger partial charge in [0.15, 0.2) is 5.82 Å². The highest BCUT2D eigenvalue weighted by Gasteiger charge is 2.21. The van der Waals surface area contributed by atoms with E-state index in [0.29, 0.717) is 24.6 Å². The third-order valence-corrected chi connectivity index (χ3v) is 6.35. The molecule has 6 nitrogen and oxygen atoms in total. The molecule has 1 saturated heterocycles. The quantitative estimate of drug-likeness (QED) is 0.571. The molecular formula is C22H25FN4O2S. The normalized spacial score (nSPS) is 14.9. The zero-order valence-electron chi connectivity index (χ0n) is 17.0. The van der Waals surface area contributed by atoms with Crippen molar-refractivity contribution in [3.63, 3.8) is 0 Å². The molecule has 4 rings (SSSR count). The van der Waals surface area contributed by atoms with Gasteiger partial charge in [-0.25, -0.2) is 4.39 Å². The second-order valence-corrected chi connectivity index (χ2v) is 8.69. The molecule has 1 fully saturated rings. The van der Waals surface area contributed by atoms with E-state index < -0.39 is 0 Å². The number of halogens is 1. The molecular weight excluding hydrogens is 403 g/mol. The molecule has 1 aromatic carbocycles. The van der Waals surface area contributed by atoms with E-state index in [2.05, 4.69) is 27.2 Å². The van der Waals surface area contributed by atoms with Crippen LogP contribution in [0.15, 0.2) is 40.9 Å². The molecule has 1 aliphatic heterocycles. The Morgan fingerprint density at radius 2 is 2.03 bits per heavy atom. The summed E-state index contributed by atoms with van der Waals surface area (Å²) in [6, 6.07) is 10.9. The maximum absolute atomic E-state index is 13.5. The average Bonchev–Trinajstić information content (AvgIpc) is 3.37. The molecule has 0 radical (unpaired) electrons. The summed E-state index contributed by atoms with van der Waals surface area (Å²) in [5.41, 5.74) is 0.914. The first-order valence-corrected chi connectivity index (χ1v) is 11.0. The zero-order chi connectivity index (χ0) is 20.9. The highest BCUT2D eigenvalue weighted by Crippen LogP contribution is 2.29. The predicted octanol–water partition coefficient (Wildman–Crippen LogP) is 3.91. The van der Waals surface area contributed by atoms with Crippen molar-refractivity contribution in [2.24, 2.45) is 0 Å². The van der Waals surface area contributed by atoms with Gasteiger partial charge in [-0.2, -0.15) is 4.98 Å². The molecule has 1 aliphatic rings. The van der Waals surface area contributed by atoms with E-state index in [0.717, 1.165) is 49.6 Å². The van der Waals surface area contributed by atoms with Gasteiger partial charge < -0.3 is 9.42 Å². The first-order chi connectivity index (χ1) is 14.6. The standard InChI is InChI=1S/C22H25FN4O2S/c1-16-24-21(29-25-16)6-3-7-22(28)27-12-10-26(11-13-27)15-19-8-9-20(30-19)17-4-2-5-18(23)14-17/h2,4-5,8-9,14H,3,6-7,10-13,15H2,1H3. The molecule has 0 aliphatic carbocycles. The van der Waals surface area contributed by atoms with Gasteiger partial charge in [-0.3, -0.25) is 9.69 Å². The molecule has 30 heavy (non-hydrogen) atoms. The van der Waals surface area contributed by atoms with E-state index in [1.807, 2.05) is 11.0 Å². The summed E-state index contributed by atoms with van der Waals surface area (Å²) < 4.78 is 18.5. The minimum absolute atomic E-state index is 0.190. The van der Waals surface area contributed by atoms with Crippen LogP contribution in [0.1, 0.15) is 29.4 Å². The summed E-state index contributed by atoms with van der Waals surface area (Å²) in [6.45, 7) is 5.87. The topological polar surface area (TPSA) is 62.5 Å². The van der Waals surface area contributed by atoms with Crippen LogP contribution in [-0.2, 0) is 17.8 Å². The predicted molar refractivity (Wildman–Crippen MR) is 114 cm³/mol. The third-order valence-electron chi connectivity index (χ3n) is 5.23. The SMILES string of the molecule is Cc1noc(CCCC(=O)N2CCN(Cc3ccc(-c4cccc(F)c4)s3)CC2)n1. The van der Waals surface area contributed by atoms with Crippen LogP contribution in [0, 0.1) is 12.7 Å². The second kappa shape index (κ2) is 9.49. The third kappa shape index (κ3) is 5.31. The van der Waals surface area contributed by atoms with Gasteiger partial charge in [-0.1, -0.05) is 17.3 Å². The van der Waals surface area contributed by atoms with Crippen molar-refractivity contribution < 1.29 is 13.7 Å². The molecule has 0 saturated carbocycles. The lowest BCUT2D eigenvalue weighted by atomic mass is 10.2. The Labute approximate surface area is 179 Å². The summed E-state index contributed by atoms with van der Waals surface area (Å²) in [6.07, 6.45) is 1.86. The van der Waals surface area contributed by atoms with Crippen LogP contribution in [-0.4, -0.2) is 52.0 Å². The Bertz CT molecular complexity index is 994. The van der Waals surface area contributed by atoms with Crippen LogP contribution in [0.5, 0.6) is 0 Å². The molecule has 0 bridgehead atoms. The van der Waals surface area contributed by atoms with Crippen LogP contribution in [0.3, 0.4) is 0 Å². The number of carbonyl (C=O) groups excluding carboxylic acids is 1. The molecule has 2 aromatic heterocycles. The van der Waals surface area contributed by atoms with E-state index in [4.69, 9.17) is 4.52 Å². The number of hydrogen-bond acceptors (Lipinski definition) is 6. The first-order valence-electron chi connectivity index (χ1n) is 10.2. The number of amides is 1. The van der Waals surface area contributed by atoms with Gasteiger partial charge in [0.1, 0.15) is 5.82 Å². The average molecular weight is 429 g/mol. The smallest absolute Gasteiger partial charge is 0.226 e. The fourth-order valence-electron chi connectivity index (χ4n) is 3.63. The van der Waals surface area contributed by atoms with Crippen LogP contribution in [0.4, 0.5) is 4.39 Å². The summed E-state index contributed by atoms with van der Waals surface area (Å²) in [4.78, 5) is 23.3. The van der Waals surface area contributed by atoms with E-state index in [1.54, 1.807) is 30.4 Å². The lowest BCUT2D eigenvalue weighted by Crippen LogP contribution is -2.48. The molecule has 0 unspecified atom stereocenters. The van der Waals surface area contributed by atoms with Gasteiger partial charge in [0.2, 0.25) is 11.8 Å². The molecule has 3 aromatic rings. The molecule has 1 amide bonds. The monoisotopic (exact) mass is 428 g/mol. The summed E-state index contributed by atoms with van der Waals surface area (Å²) in [7, 11) is 0. The molecule has 3 heterocycles. The van der Waals surface area contributed by atoms with Gasteiger partial charge in [0, 0.05) is 55.3 Å². The van der Waals surface area contributed by atoms with Crippen molar-refractivity contribution in [1.82, 2.24) is 19.9 Å².